The fourth-order valence-corrected chi connectivity index (χ4v) is 2.87. The Morgan fingerprint density at radius 2 is 2.16 bits per heavy atom. The molecule has 1 aromatic rings. The third kappa shape index (κ3) is 3.35. The molecule has 3 nitrogen and oxygen atoms in total. The van der Waals surface area contributed by atoms with E-state index in [9.17, 15) is 4.79 Å². The summed E-state index contributed by atoms with van der Waals surface area (Å²) in [6.45, 7) is 6.24. The lowest BCUT2D eigenvalue weighted by atomic mass is 9.91. The molecule has 0 radical (unpaired) electrons. The van der Waals surface area contributed by atoms with Crippen LogP contribution < -0.4 is 10.2 Å². The van der Waals surface area contributed by atoms with Crippen LogP contribution in [0, 0.1) is 5.92 Å². The summed E-state index contributed by atoms with van der Waals surface area (Å²) in [5.41, 5.74) is 1.02. The fourth-order valence-electron chi connectivity index (χ4n) is 2.87. The molecule has 1 aromatic carbocycles. The predicted octanol–water partition coefficient (Wildman–Crippen LogP) is 2.82. The molecule has 1 saturated heterocycles. The first-order valence-electron chi connectivity index (χ1n) is 7.32. The van der Waals surface area contributed by atoms with Crippen molar-refractivity contribution >= 4 is 11.6 Å². The standard InChI is InChI=1S/C16H24N2O/c1-3-16(19)18(15-9-5-4-6-10-15)13(2)14-8-7-11-17-12-14/h4-6,9-10,13-14,17H,3,7-8,11-12H2,1-2H3/t13-,14+/m0/s1. The second-order valence-electron chi connectivity index (χ2n) is 5.30. The predicted molar refractivity (Wildman–Crippen MR) is 79.3 cm³/mol. The molecule has 2 rings (SSSR count). The van der Waals surface area contributed by atoms with Crippen molar-refractivity contribution in [1.82, 2.24) is 5.32 Å². The van der Waals surface area contributed by atoms with Crippen LogP contribution in [-0.4, -0.2) is 25.0 Å². The molecule has 0 spiro atoms. The fraction of sp³-hybridized carbons (Fsp3) is 0.562. The van der Waals surface area contributed by atoms with Crippen molar-refractivity contribution in [2.45, 2.75) is 39.2 Å². The van der Waals surface area contributed by atoms with Crippen molar-refractivity contribution in [2.75, 3.05) is 18.0 Å². The van der Waals surface area contributed by atoms with Gasteiger partial charge < -0.3 is 10.2 Å². The van der Waals surface area contributed by atoms with Crippen LogP contribution in [0.2, 0.25) is 0 Å². The minimum atomic E-state index is 0.212. The second-order valence-corrected chi connectivity index (χ2v) is 5.30. The average molecular weight is 260 g/mol. The number of amides is 1. The monoisotopic (exact) mass is 260 g/mol. The van der Waals surface area contributed by atoms with Gasteiger partial charge in [0.2, 0.25) is 5.91 Å². The summed E-state index contributed by atoms with van der Waals surface area (Å²) >= 11 is 0. The highest BCUT2D eigenvalue weighted by atomic mass is 16.2. The van der Waals surface area contributed by atoms with Gasteiger partial charge in [-0.25, -0.2) is 0 Å². The number of piperidine rings is 1. The van der Waals surface area contributed by atoms with Crippen LogP contribution in [0.15, 0.2) is 30.3 Å². The van der Waals surface area contributed by atoms with Crippen molar-refractivity contribution in [3.05, 3.63) is 30.3 Å². The van der Waals surface area contributed by atoms with Gasteiger partial charge in [-0.3, -0.25) is 4.79 Å². The van der Waals surface area contributed by atoms with Crippen LogP contribution in [0.5, 0.6) is 0 Å². The smallest absolute Gasteiger partial charge is 0.226 e. The molecule has 0 unspecified atom stereocenters. The van der Waals surface area contributed by atoms with Gasteiger partial charge in [-0.2, -0.15) is 0 Å². The minimum Gasteiger partial charge on any atom is -0.316 e. The van der Waals surface area contributed by atoms with Crippen molar-refractivity contribution in [1.29, 1.82) is 0 Å². The van der Waals surface area contributed by atoms with Gasteiger partial charge in [0.05, 0.1) is 0 Å². The number of nitrogens with one attached hydrogen (secondary N) is 1. The number of nitrogens with zero attached hydrogens (tertiary/aromatic N) is 1. The third-order valence-electron chi connectivity index (χ3n) is 4.03. The lowest BCUT2D eigenvalue weighted by Crippen LogP contribution is -2.47. The highest BCUT2D eigenvalue weighted by Gasteiger charge is 2.28. The van der Waals surface area contributed by atoms with Crippen molar-refractivity contribution < 1.29 is 4.79 Å². The van der Waals surface area contributed by atoms with E-state index in [0.717, 1.165) is 18.8 Å². The molecule has 1 fully saturated rings. The summed E-state index contributed by atoms with van der Waals surface area (Å²) < 4.78 is 0. The Morgan fingerprint density at radius 1 is 1.42 bits per heavy atom. The van der Waals surface area contributed by atoms with Gasteiger partial charge in [0.25, 0.3) is 0 Å². The molecule has 1 heterocycles. The van der Waals surface area contributed by atoms with Crippen LogP contribution in [0.4, 0.5) is 5.69 Å². The summed E-state index contributed by atoms with van der Waals surface area (Å²) in [5, 5.41) is 3.44. The number of anilines is 1. The molecular formula is C16H24N2O. The Hall–Kier alpha value is -1.35. The van der Waals surface area contributed by atoms with Gasteiger partial charge in [-0.1, -0.05) is 25.1 Å². The number of rotatable bonds is 4. The van der Waals surface area contributed by atoms with Crippen molar-refractivity contribution in [3.63, 3.8) is 0 Å². The SMILES string of the molecule is CCC(=O)N(c1ccccc1)[C@@H](C)[C@@H]1CCCNC1. The molecule has 1 aliphatic rings. The molecule has 0 saturated carbocycles. The van der Waals surface area contributed by atoms with Crippen molar-refractivity contribution in [3.8, 4) is 0 Å². The second kappa shape index (κ2) is 6.71. The summed E-state index contributed by atoms with van der Waals surface area (Å²) in [5.74, 6) is 0.758. The van der Waals surface area contributed by atoms with E-state index in [1.54, 1.807) is 0 Å². The minimum absolute atomic E-state index is 0.212. The first-order valence-corrected chi connectivity index (χ1v) is 7.32. The Bertz CT molecular complexity index is 398. The van der Waals surface area contributed by atoms with E-state index >= 15 is 0 Å². The first kappa shape index (κ1) is 14.1. The Morgan fingerprint density at radius 3 is 2.74 bits per heavy atom. The maximum absolute atomic E-state index is 12.3. The zero-order valence-corrected chi connectivity index (χ0v) is 11.9. The molecule has 104 valence electrons. The zero-order chi connectivity index (χ0) is 13.7. The molecule has 0 aromatic heterocycles. The highest BCUT2D eigenvalue weighted by Crippen LogP contribution is 2.25. The normalized spacial score (nSPS) is 20.8. The number of benzene rings is 1. The van der Waals surface area contributed by atoms with Gasteiger partial charge in [-0.15, -0.1) is 0 Å². The molecule has 0 aliphatic carbocycles. The van der Waals surface area contributed by atoms with E-state index in [2.05, 4.69) is 12.2 Å². The van der Waals surface area contributed by atoms with Gasteiger partial charge in [0.1, 0.15) is 0 Å². The quantitative estimate of drug-likeness (QED) is 0.903. The van der Waals surface area contributed by atoms with Crippen LogP contribution in [-0.2, 0) is 4.79 Å². The molecular weight excluding hydrogens is 236 g/mol. The van der Waals surface area contributed by atoms with Crippen LogP contribution in [0.3, 0.4) is 0 Å². The molecule has 0 bridgehead atoms. The highest BCUT2D eigenvalue weighted by molar-refractivity contribution is 5.93. The van der Waals surface area contributed by atoms with Gasteiger partial charge in [0, 0.05) is 18.2 Å². The van der Waals surface area contributed by atoms with E-state index in [0.29, 0.717) is 12.3 Å². The largest absolute Gasteiger partial charge is 0.316 e. The number of hydrogen-bond donors (Lipinski definition) is 1. The lowest BCUT2D eigenvalue weighted by molar-refractivity contribution is -0.119. The summed E-state index contributed by atoms with van der Waals surface area (Å²) in [6, 6.07) is 10.3. The summed E-state index contributed by atoms with van der Waals surface area (Å²) in [7, 11) is 0. The molecule has 1 aliphatic heterocycles. The molecule has 1 N–H and O–H groups in total. The van der Waals surface area contributed by atoms with E-state index in [1.807, 2.05) is 42.2 Å². The topological polar surface area (TPSA) is 32.3 Å². The van der Waals surface area contributed by atoms with E-state index in [-0.39, 0.29) is 11.9 Å². The number of para-hydroxylation sites is 1. The summed E-state index contributed by atoms with van der Waals surface area (Å²) in [4.78, 5) is 14.3. The summed E-state index contributed by atoms with van der Waals surface area (Å²) in [6.07, 6.45) is 2.96. The first-order chi connectivity index (χ1) is 9.24. The molecule has 2 atom stereocenters. The zero-order valence-electron chi connectivity index (χ0n) is 11.9. The average Bonchev–Trinajstić information content (AvgIpc) is 2.49. The van der Waals surface area contributed by atoms with Crippen LogP contribution >= 0.6 is 0 Å². The van der Waals surface area contributed by atoms with E-state index in [4.69, 9.17) is 0 Å². The third-order valence-corrected chi connectivity index (χ3v) is 4.03. The van der Waals surface area contributed by atoms with Gasteiger partial charge >= 0.3 is 0 Å². The number of hydrogen-bond acceptors (Lipinski definition) is 2. The maximum atomic E-state index is 12.3. The molecule has 19 heavy (non-hydrogen) atoms. The van der Waals surface area contributed by atoms with Crippen LogP contribution in [0.1, 0.15) is 33.1 Å². The van der Waals surface area contributed by atoms with Crippen LogP contribution in [0.25, 0.3) is 0 Å². The van der Waals surface area contributed by atoms with Gasteiger partial charge in [0.15, 0.2) is 0 Å². The number of carbonyl (C=O) groups is 1. The maximum Gasteiger partial charge on any atom is 0.226 e. The Labute approximate surface area is 116 Å². The lowest BCUT2D eigenvalue weighted by Gasteiger charge is -2.37. The van der Waals surface area contributed by atoms with E-state index in [1.165, 1.54) is 12.8 Å². The molecule has 1 amide bonds. The Kier molecular flexibility index (Phi) is 4.97. The van der Waals surface area contributed by atoms with Gasteiger partial charge in [-0.05, 0) is 50.9 Å². The molecule has 3 heteroatoms. The van der Waals surface area contributed by atoms with E-state index < -0.39 is 0 Å². The number of carbonyl (C=O) groups excluding carboxylic acids is 1. The van der Waals surface area contributed by atoms with Crippen molar-refractivity contribution in [2.24, 2.45) is 5.92 Å². The Balaban J connectivity index is 2.19.